The molecule has 1 aliphatic rings. The summed E-state index contributed by atoms with van der Waals surface area (Å²) in [5.74, 6) is 0.531. The summed E-state index contributed by atoms with van der Waals surface area (Å²) in [4.78, 5) is 27.1. The molecule has 3 aromatic rings. The molecule has 1 aromatic heterocycles. The number of carbonyl (C=O) groups is 2. The molecule has 1 saturated heterocycles. The Morgan fingerprint density at radius 2 is 1.88 bits per heavy atom. The highest BCUT2D eigenvalue weighted by molar-refractivity contribution is 6.30. The molecule has 1 unspecified atom stereocenters. The maximum Gasteiger partial charge on any atom is 0.224 e. The van der Waals surface area contributed by atoms with Gasteiger partial charge in [-0.05, 0) is 43.0 Å². The topological polar surface area (TPSA) is 67.2 Å². The second-order valence-electron chi connectivity index (χ2n) is 8.65. The van der Waals surface area contributed by atoms with Crippen LogP contribution in [0.2, 0.25) is 5.02 Å². The summed E-state index contributed by atoms with van der Waals surface area (Å²) in [6.45, 7) is 4.15. The minimum atomic E-state index is -0.127. The van der Waals surface area contributed by atoms with E-state index in [1.165, 1.54) is 6.42 Å². The van der Waals surface area contributed by atoms with Gasteiger partial charge < -0.3 is 10.2 Å². The van der Waals surface area contributed by atoms with Crippen LogP contribution in [-0.4, -0.2) is 46.1 Å². The number of aromatic nitrogens is 2. The number of halogens is 1. The average molecular weight is 465 g/mol. The van der Waals surface area contributed by atoms with E-state index in [1.807, 2.05) is 65.7 Å². The van der Waals surface area contributed by atoms with E-state index in [4.69, 9.17) is 16.7 Å². The first-order valence-corrected chi connectivity index (χ1v) is 11.8. The standard InChI is InChI=1S/C26H29ClN4O2/c1-19-6-5-15-30(17-19)25(33)13-14-28-24(32)16-21-18-31(23-7-3-2-4-8-23)29-26(21)20-9-11-22(27)12-10-20/h2-4,7-12,18-19H,5-6,13-17H2,1H3,(H,28,32). The fourth-order valence-corrected chi connectivity index (χ4v) is 4.35. The number of benzene rings is 2. The van der Waals surface area contributed by atoms with Gasteiger partial charge in [-0.3, -0.25) is 9.59 Å². The third kappa shape index (κ3) is 6.02. The van der Waals surface area contributed by atoms with Gasteiger partial charge in [-0.15, -0.1) is 0 Å². The van der Waals surface area contributed by atoms with Gasteiger partial charge in [-0.2, -0.15) is 5.10 Å². The second kappa shape index (κ2) is 10.7. The number of likely N-dealkylation sites (tertiary alicyclic amines) is 1. The molecule has 0 aliphatic carbocycles. The van der Waals surface area contributed by atoms with Crippen molar-refractivity contribution >= 4 is 23.4 Å². The van der Waals surface area contributed by atoms with Crippen molar-refractivity contribution in [2.75, 3.05) is 19.6 Å². The summed E-state index contributed by atoms with van der Waals surface area (Å²) < 4.78 is 1.79. The molecular formula is C26H29ClN4O2. The zero-order chi connectivity index (χ0) is 23.2. The van der Waals surface area contributed by atoms with E-state index in [2.05, 4.69) is 12.2 Å². The van der Waals surface area contributed by atoms with Crippen LogP contribution >= 0.6 is 11.6 Å². The molecule has 172 valence electrons. The summed E-state index contributed by atoms with van der Waals surface area (Å²) in [6, 6.07) is 17.2. The molecule has 33 heavy (non-hydrogen) atoms. The number of amides is 2. The molecule has 1 aliphatic heterocycles. The molecule has 2 aromatic carbocycles. The van der Waals surface area contributed by atoms with Gasteiger partial charge in [0.25, 0.3) is 0 Å². The number of para-hydroxylation sites is 1. The van der Waals surface area contributed by atoms with Crippen LogP contribution in [-0.2, 0) is 16.0 Å². The molecular weight excluding hydrogens is 436 g/mol. The van der Waals surface area contributed by atoms with Crippen molar-refractivity contribution in [3.05, 3.63) is 71.4 Å². The van der Waals surface area contributed by atoms with Crippen molar-refractivity contribution in [2.24, 2.45) is 5.92 Å². The highest BCUT2D eigenvalue weighted by Crippen LogP contribution is 2.25. The van der Waals surface area contributed by atoms with Gasteiger partial charge >= 0.3 is 0 Å². The van der Waals surface area contributed by atoms with Crippen molar-refractivity contribution in [2.45, 2.75) is 32.6 Å². The van der Waals surface area contributed by atoms with Gasteiger partial charge in [0.15, 0.2) is 0 Å². The maximum atomic E-state index is 12.7. The van der Waals surface area contributed by atoms with Gasteiger partial charge in [-0.1, -0.05) is 48.9 Å². The number of piperidine rings is 1. The van der Waals surface area contributed by atoms with E-state index in [0.717, 1.165) is 42.0 Å². The van der Waals surface area contributed by atoms with Crippen LogP contribution in [0, 0.1) is 5.92 Å². The summed E-state index contributed by atoms with van der Waals surface area (Å²) in [5.41, 5.74) is 3.37. The smallest absolute Gasteiger partial charge is 0.224 e. The highest BCUT2D eigenvalue weighted by atomic mass is 35.5. The Morgan fingerprint density at radius 1 is 1.12 bits per heavy atom. The Bertz CT molecular complexity index is 1100. The molecule has 4 rings (SSSR count). The lowest BCUT2D eigenvalue weighted by Crippen LogP contribution is -2.40. The molecule has 2 amide bonds. The lowest BCUT2D eigenvalue weighted by atomic mass is 10.00. The third-order valence-corrected chi connectivity index (χ3v) is 6.20. The van der Waals surface area contributed by atoms with Crippen molar-refractivity contribution in [1.29, 1.82) is 0 Å². The number of nitrogens with zero attached hydrogens (tertiary/aromatic N) is 3. The Labute approximate surface area is 199 Å². The lowest BCUT2D eigenvalue weighted by molar-refractivity contribution is -0.132. The number of rotatable bonds is 7. The van der Waals surface area contributed by atoms with E-state index in [0.29, 0.717) is 23.9 Å². The van der Waals surface area contributed by atoms with Crippen LogP contribution in [0.5, 0.6) is 0 Å². The first kappa shape index (κ1) is 23.1. The van der Waals surface area contributed by atoms with E-state index in [1.54, 1.807) is 4.68 Å². The Morgan fingerprint density at radius 3 is 2.61 bits per heavy atom. The maximum absolute atomic E-state index is 12.7. The van der Waals surface area contributed by atoms with Crippen molar-refractivity contribution < 1.29 is 9.59 Å². The summed E-state index contributed by atoms with van der Waals surface area (Å²) >= 11 is 6.05. The van der Waals surface area contributed by atoms with E-state index >= 15 is 0 Å². The number of hydrogen-bond acceptors (Lipinski definition) is 3. The minimum Gasteiger partial charge on any atom is -0.355 e. The molecule has 1 atom stereocenters. The molecule has 2 heterocycles. The zero-order valence-corrected chi connectivity index (χ0v) is 19.6. The predicted octanol–water partition coefficient (Wildman–Crippen LogP) is 4.50. The van der Waals surface area contributed by atoms with Gasteiger partial charge in [0.2, 0.25) is 11.8 Å². The Balaban J connectivity index is 1.42. The quantitative estimate of drug-likeness (QED) is 0.559. The van der Waals surface area contributed by atoms with Gasteiger partial charge in [-0.25, -0.2) is 4.68 Å². The van der Waals surface area contributed by atoms with E-state index in [-0.39, 0.29) is 18.2 Å². The van der Waals surface area contributed by atoms with Gasteiger partial charge in [0.05, 0.1) is 17.8 Å². The Kier molecular flexibility index (Phi) is 7.45. The highest BCUT2D eigenvalue weighted by Gasteiger charge is 2.21. The minimum absolute atomic E-state index is 0.112. The van der Waals surface area contributed by atoms with Crippen LogP contribution in [0.25, 0.3) is 16.9 Å². The molecule has 1 fully saturated rings. The molecule has 7 heteroatoms. The van der Waals surface area contributed by atoms with Crippen LogP contribution in [0.1, 0.15) is 31.7 Å². The monoisotopic (exact) mass is 464 g/mol. The average Bonchev–Trinajstić information content (AvgIpc) is 3.23. The van der Waals surface area contributed by atoms with Gasteiger partial charge in [0, 0.05) is 48.4 Å². The summed E-state index contributed by atoms with van der Waals surface area (Å²) in [7, 11) is 0. The van der Waals surface area contributed by atoms with Crippen LogP contribution in [0.3, 0.4) is 0 Å². The van der Waals surface area contributed by atoms with E-state index in [9.17, 15) is 9.59 Å². The van der Waals surface area contributed by atoms with Crippen LogP contribution < -0.4 is 5.32 Å². The predicted molar refractivity (Wildman–Crippen MR) is 130 cm³/mol. The van der Waals surface area contributed by atoms with E-state index < -0.39 is 0 Å². The normalized spacial score (nSPS) is 15.9. The first-order chi connectivity index (χ1) is 16.0. The molecule has 0 saturated carbocycles. The molecule has 0 spiro atoms. The summed E-state index contributed by atoms with van der Waals surface area (Å²) in [6.07, 6.45) is 4.62. The number of nitrogens with one attached hydrogen (secondary N) is 1. The van der Waals surface area contributed by atoms with Crippen molar-refractivity contribution in [3.8, 4) is 16.9 Å². The zero-order valence-electron chi connectivity index (χ0n) is 18.8. The largest absolute Gasteiger partial charge is 0.355 e. The van der Waals surface area contributed by atoms with Crippen LogP contribution in [0.15, 0.2) is 60.8 Å². The van der Waals surface area contributed by atoms with Crippen molar-refractivity contribution in [3.63, 3.8) is 0 Å². The third-order valence-electron chi connectivity index (χ3n) is 5.95. The lowest BCUT2D eigenvalue weighted by Gasteiger charge is -2.31. The molecule has 1 N–H and O–H groups in total. The van der Waals surface area contributed by atoms with Crippen molar-refractivity contribution in [1.82, 2.24) is 20.0 Å². The molecule has 0 bridgehead atoms. The van der Waals surface area contributed by atoms with Crippen LogP contribution in [0.4, 0.5) is 0 Å². The summed E-state index contributed by atoms with van der Waals surface area (Å²) in [5, 5.41) is 8.29. The SMILES string of the molecule is CC1CCCN(C(=O)CCNC(=O)Cc2cn(-c3ccccc3)nc2-c2ccc(Cl)cc2)C1. The molecule has 0 radical (unpaired) electrons. The fourth-order valence-electron chi connectivity index (χ4n) is 4.22. The Hall–Kier alpha value is -3.12. The fraction of sp³-hybridized carbons (Fsp3) is 0.346. The number of hydrogen-bond donors (Lipinski definition) is 1. The molecule has 6 nitrogen and oxygen atoms in total. The second-order valence-corrected chi connectivity index (χ2v) is 9.09. The van der Waals surface area contributed by atoms with Gasteiger partial charge in [0.1, 0.15) is 0 Å². The first-order valence-electron chi connectivity index (χ1n) is 11.4. The number of carbonyl (C=O) groups excluding carboxylic acids is 2.